The molecule has 0 radical (unpaired) electrons. The van der Waals surface area contributed by atoms with Crippen molar-refractivity contribution >= 4 is 76.1 Å². The number of nitrogen functional groups attached to an aromatic ring is 1. The average molecular weight is 924 g/mol. The van der Waals surface area contributed by atoms with Crippen molar-refractivity contribution in [2.45, 2.75) is 0 Å². The summed E-state index contributed by atoms with van der Waals surface area (Å²) < 4.78 is 1.10. The zero-order chi connectivity index (χ0) is 45.4. The topological polar surface area (TPSA) is 38.0 Å². The predicted octanol–water partition coefficient (Wildman–Crippen LogP) is 18.4. The van der Waals surface area contributed by atoms with E-state index in [1.54, 1.807) is 0 Å². The molecule has 0 amide bonds. The summed E-state index contributed by atoms with van der Waals surface area (Å²) in [6, 6.07) is 93.6. The number of anilines is 3. The minimum Gasteiger partial charge on any atom is -0.399 e. The Morgan fingerprint density at radius 2 is 0.478 bits per heavy atom. The SMILES string of the molecule is Brc1ccc(-c2c3ccccc3c(-c3ccccc3)c3ccccc23)cc1.Nc1ccccc1.c1ccc(Nc2ccc(-c3c4ccccc4c(-c4ccccc4)c4ccccc34)cc2)cc1. The number of para-hydroxylation sites is 2. The van der Waals surface area contributed by atoms with Gasteiger partial charge in [-0.25, -0.2) is 0 Å². The summed E-state index contributed by atoms with van der Waals surface area (Å²) in [4.78, 5) is 0. The molecule has 3 N–H and O–H groups in total. The fourth-order valence-corrected chi connectivity index (χ4v) is 9.45. The maximum atomic E-state index is 5.36. The smallest absolute Gasteiger partial charge is 0.0384 e. The standard InChI is InChI=1S/C32H23N.C26H17Br.C6H7N/c1-3-11-23(12-4-1)31-27-15-7-9-17-29(27)32(30-18-10-8-16-28(30)31)24-19-21-26(22-20-24)33-25-13-5-2-6-14-25;27-20-16-14-19(15-17-20)26-23-12-6-4-10-21(23)25(18-8-2-1-3-9-18)22-11-5-7-13-24(22)26;7-6-4-2-1-3-5-6/h1-22,33H;1-17H;1-5H,7H2. The van der Waals surface area contributed by atoms with Crippen molar-refractivity contribution in [2.75, 3.05) is 11.1 Å². The van der Waals surface area contributed by atoms with Gasteiger partial charge in [0.15, 0.2) is 0 Å². The first kappa shape index (κ1) is 42.7. The molecule has 0 aliphatic carbocycles. The Morgan fingerprint density at radius 3 is 0.776 bits per heavy atom. The zero-order valence-corrected chi connectivity index (χ0v) is 38.4. The number of rotatable bonds is 6. The summed E-state index contributed by atoms with van der Waals surface area (Å²) in [6.45, 7) is 0. The molecule has 0 aromatic heterocycles. The van der Waals surface area contributed by atoms with Crippen molar-refractivity contribution in [1.82, 2.24) is 0 Å². The average Bonchev–Trinajstić information content (AvgIpc) is 3.39. The van der Waals surface area contributed by atoms with Crippen LogP contribution < -0.4 is 11.1 Å². The molecule has 2 nitrogen and oxygen atoms in total. The maximum Gasteiger partial charge on any atom is 0.0384 e. The van der Waals surface area contributed by atoms with Crippen molar-refractivity contribution in [1.29, 1.82) is 0 Å². The second kappa shape index (κ2) is 19.9. The molecule has 0 saturated heterocycles. The summed E-state index contributed by atoms with van der Waals surface area (Å²) >= 11 is 3.56. The van der Waals surface area contributed by atoms with Gasteiger partial charge in [-0.1, -0.05) is 234 Å². The molecule has 0 spiro atoms. The molecule has 320 valence electrons. The molecular formula is C64H47BrN2. The minimum atomic E-state index is 0.822. The van der Waals surface area contributed by atoms with Gasteiger partial charge in [-0.05, 0) is 136 Å². The lowest BCUT2D eigenvalue weighted by atomic mass is 9.86. The summed E-state index contributed by atoms with van der Waals surface area (Å²) in [6.07, 6.45) is 0. The fourth-order valence-electron chi connectivity index (χ4n) is 9.19. The third kappa shape index (κ3) is 9.19. The number of nitrogens with one attached hydrogen (secondary N) is 1. The Kier molecular flexibility index (Phi) is 12.7. The van der Waals surface area contributed by atoms with Gasteiger partial charge < -0.3 is 11.1 Å². The Hall–Kier alpha value is -8.24. The lowest BCUT2D eigenvalue weighted by Gasteiger charge is -2.18. The third-order valence-electron chi connectivity index (χ3n) is 12.2. The molecule has 12 aromatic rings. The first-order valence-electron chi connectivity index (χ1n) is 22.6. The van der Waals surface area contributed by atoms with Crippen LogP contribution in [0.5, 0.6) is 0 Å². The van der Waals surface area contributed by atoms with Crippen molar-refractivity contribution < 1.29 is 0 Å². The highest BCUT2D eigenvalue weighted by Gasteiger charge is 2.18. The van der Waals surface area contributed by atoms with E-state index in [9.17, 15) is 0 Å². The fraction of sp³-hybridized carbons (Fsp3) is 0. The highest BCUT2D eigenvalue weighted by Crippen LogP contribution is 2.45. The van der Waals surface area contributed by atoms with Gasteiger partial charge in [0, 0.05) is 21.5 Å². The van der Waals surface area contributed by atoms with Crippen LogP contribution in [0, 0.1) is 0 Å². The molecular weight excluding hydrogens is 877 g/mol. The normalized spacial score (nSPS) is 10.8. The van der Waals surface area contributed by atoms with E-state index in [0.29, 0.717) is 0 Å². The largest absolute Gasteiger partial charge is 0.399 e. The molecule has 3 heteroatoms. The van der Waals surface area contributed by atoms with Gasteiger partial charge in [0.05, 0.1) is 0 Å². The molecule has 0 unspecified atom stereocenters. The Balaban J connectivity index is 0.000000139. The molecule has 12 rings (SSSR count). The van der Waals surface area contributed by atoms with E-state index in [1.165, 1.54) is 87.6 Å². The minimum absolute atomic E-state index is 0.822. The molecule has 0 fully saturated rings. The van der Waals surface area contributed by atoms with Gasteiger partial charge in [0.25, 0.3) is 0 Å². The van der Waals surface area contributed by atoms with Gasteiger partial charge >= 0.3 is 0 Å². The lowest BCUT2D eigenvalue weighted by molar-refractivity contribution is 1.55. The first-order valence-corrected chi connectivity index (χ1v) is 23.4. The number of benzene rings is 12. The number of nitrogens with two attached hydrogens (primary N) is 1. The summed E-state index contributed by atoms with van der Waals surface area (Å²) in [5, 5.41) is 13.8. The van der Waals surface area contributed by atoms with E-state index < -0.39 is 0 Å². The van der Waals surface area contributed by atoms with Crippen molar-refractivity contribution in [3.05, 3.63) is 271 Å². The van der Waals surface area contributed by atoms with Crippen LogP contribution in [0.15, 0.2) is 271 Å². The highest BCUT2D eigenvalue weighted by atomic mass is 79.9. The second-order valence-electron chi connectivity index (χ2n) is 16.4. The molecule has 12 aromatic carbocycles. The van der Waals surface area contributed by atoms with Crippen LogP contribution in [0.4, 0.5) is 17.1 Å². The van der Waals surface area contributed by atoms with Crippen molar-refractivity contribution in [3.63, 3.8) is 0 Å². The van der Waals surface area contributed by atoms with E-state index in [0.717, 1.165) is 21.5 Å². The van der Waals surface area contributed by atoms with Gasteiger partial charge in [0.2, 0.25) is 0 Å². The Labute approximate surface area is 400 Å². The zero-order valence-electron chi connectivity index (χ0n) is 36.9. The first-order chi connectivity index (χ1) is 33.1. The Bertz CT molecular complexity index is 3460. The predicted molar refractivity (Wildman–Crippen MR) is 293 cm³/mol. The summed E-state index contributed by atoms with van der Waals surface area (Å²) in [5.74, 6) is 0. The van der Waals surface area contributed by atoms with E-state index in [4.69, 9.17) is 5.73 Å². The number of hydrogen-bond donors (Lipinski definition) is 2. The van der Waals surface area contributed by atoms with Crippen LogP contribution in [0.1, 0.15) is 0 Å². The highest BCUT2D eigenvalue weighted by molar-refractivity contribution is 9.10. The van der Waals surface area contributed by atoms with E-state index in [-0.39, 0.29) is 0 Å². The van der Waals surface area contributed by atoms with Gasteiger partial charge in [-0.2, -0.15) is 0 Å². The van der Waals surface area contributed by atoms with Crippen LogP contribution in [-0.2, 0) is 0 Å². The quantitative estimate of drug-likeness (QED) is 0.129. The van der Waals surface area contributed by atoms with Crippen LogP contribution in [-0.4, -0.2) is 0 Å². The van der Waals surface area contributed by atoms with Gasteiger partial charge in [-0.3, -0.25) is 0 Å². The third-order valence-corrected chi connectivity index (χ3v) is 12.7. The van der Waals surface area contributed by atoms with Crippen molar-refractivity contribution in [2.24, 2.45) is 0 Å². The van der Waals surface area contributed by atoms with Crippen LogP contribution in [0.2, 0.25) is 0 Å². The maximum absolute atomic E-state index is 5.36. The van der Waals surface area contributed by atoms with Crippen LogP contribution in [0.3, 0.4) is 0 Å². The van der Waals surface area contributed by atoms with Crippen LogP contribution >= 0.6 is 15.9 Å². The Morgan fingerprint density at radius 1 is 0.239 bits per heavy atom. The molecule has 0 bridgehead atoms. The molecule has 0 aliphatic rings. The summed E-state index contributed by atoms with van der Waals surface area (Å²) in [5.41, 5.74) is 18.5. The van der Waals surface area contributed by atoms with Crippen molar-refractivity contribution in [3.8, 4) is 44.5 Å². The molecule has 0 aliphatic heterocycles. The van der Waals surface area contributed by atoms with E-state index in [2.05, 4.69) is 240 Å². The number of fused-ring (bicyclic) bond motifs is 4. The van der Waals surface area contributed by atoms with Gasteiger partial charge in [-0.15, -0.1) is 0 Å². The number of halogens is 1. The lowest BCUT2D eigenvalue weighted by Crippen LogP contribution is -1.92. The molecule has 0 atom stereocenters. The second-order valence-corrected chi connectivity index (χ2v) is 17.3. The summed E-state index contributed by atoms with van der Waals surface area (Å²) in [7, 11) is 0. The monoisotopic (exact) mass is 922 g/mol. The van der Waals surface area contributed by atoms with E-state index in [1.807, 2.05) is 48.5 Å². The molecule has 67 heavy (non-hydrogen) atoms. The van der Waals surface area contributed by atoms with E-state index >= 15 is 0 Å². The molecule has 0 saturated carbocycles. The van der Waals surface area contributed by atoms with Crippen LogP contribution in [0.25, 0.3) is 87.6 Å². The number of hydrogen-bond acceptors (Lipinski definition) is 2. The molecule has 0 heterocycles. The van der Waals surface area contributed by atoms with Gasteiger partial charge in [0.1, 0.15) is 0 Å².